The van der Waals surface area contributed by atoms with Crippen molar-refractivity contribution < 1.29 is 19.1 Å². The van der Waals surface area contributed by atoms with Crippen LogP contribution in [0.1, 0.15) is 31.9 Å². The lowest BCUT2D eigenvalue weighted by atomic mass is 9.94. The van der Waals surface area contributed by atoms with Crippen LogP contribution in [-0.2, 0) is 14.3 Å². The minimum Gasteiger partial charge on any atom is -0.466 e. The molecule has 1 aromatic rings. The van der Waals surface area contributed by atoms with Gasteiger partial charge in [0, 0.05) is 17.9 Å². The van der Waals surface area contributed by atoms with Gasteiger partial charge in [-0.3, -0.25) is 9.69 Å². The minimum absolute atomic E-state index is 0.303. The summed E-state index contributed by atoms with van der Waals surface area (Å²) in [5, 5.41) is 5.40. The molecule has 0 aliphatic carbocycles. The highest BCUT2D eigenvalue weighted by atomic mass is 35.5. The third kappa shape index (κ3) is 4.73. The van der Waals surface area contributed by atoms with E-state index in [1.54, 1.807) is 31.2 Å². The summed E-state index contributed by atoms with van der Waals surface area (Å²) in [7, 11) is 1.29. The van der Waals surface area contributed by atoms with Crippen molar-refractivity contribution in [1.29, 1.82) is 0 Å². The molecule has 0 aromatic heterocycles. The Bertz CT molecular complexity index is 780. The Kier molecular flexibility index (Phi) is 7.10. The standard InChI is InChI=1S/C18H21Cl2N3O4/c1-4-8-23-10(2)13(17(25)27-3)14(22-18(23)26)11-6-5-7-12(9-11)21-16(24)15(19)20/h5-7,9,14-15H,4,8H2,1-3H3,(H,21,24)(H,22,26)/t14-/m0/s1. The number of hydrogen-bond donors (Lipinski definition) is 2. The lowest BCUT2D eigenvalue weighted by Gasteiger charge is -2.35. The van der Waals surface area contributed by atoms with Gasteiger partial charge in [0.15, 0.2) is 4.84 Å². The van der Waals surface area contributed by atoms with Gasteiger partial charge in [-0.1, -0.05) is 42.3 Å². The Morgan fingerprint density at radius 2 is 2.07 bits per heavy atom. The van der Waals surface area contributed by atoms with Gasteiger partial charge in [0.1, 0.15) is 0 Å². The summed E-state index contributed by atoms with van der Waals surface area (Å²) in [5.41, 5.74) is 1.92. The van der Waals surface area contributed by atoms with Gasteiger partial charge in [-0.15, -0.1) is 0 Å². The first-order chi connectivity index (χ1) is 12.8. The molecule has 1 aliphatic heterocycles. The Morgan fingerprint density at radius 3 is 2.67 bits per heavy atom. The predicted molar refractivity (Wildman–Crippen MR) is 104 cm³/mol. The molecule has 0 saturated heterocycles. The molecule has 0 spiro atoms. The van der Waals surface area contributed by atoms with E-state index in [2.05, 4.69) is 10.6 Å². The summed E-state index contributed by atoms with van der Waals surface area (Å²) in [4.78, 5) is 36.9. The van der Waals surface area contributed by atoms with E-state index in [9.17, 15) is 14.4 Å². The molecule has 3 amide bonds. The summed E-state index contributed by atoms with van der Waals surface area (Å²) >= 11 is 11.1. The Morgan fingerprint density at radius 1 is 1.37 bits per heavy atom. The lowest BCUT2D eigenvalue weighted by Crippen LogP contribution is -2.48. The number of urea groups is 1. The summed E-state index contributed by atoms with van der Waals surface area (Å²) in [6.07, 6.45) is 0.739. The quantitative estimate of drug-likeness (QED) is 0.552. The number of carbonyl (C=O) groups is 3. The van der Waals surface area contributed by atoms with Crippen molar-refractivity contribution in [1.82, 2.24) is 10.2 Å². The van der Waals surface area contributed by atoms with Crippen molar-refractivity contribution in [2.75, 3.05) is 19.0 Å². The number of nitrogens with one attached hydrogen (secondary N) is 2. The van der Waals surface area contributed by atoms with E-state index in [1.165, 1.54) is 12.0 Å². The number of halogens is 2. The largest absolute Gasteiger partial charge is 0.466 e. The Labute approximate surface area is 167 Å². The molecule has 9 heteroatoms. The van der Waals surface area contributed by atoms with Crippen LogP contribution in [0.4, 0.5) is 10.5 Å². The van der Waals surface area contributed by atoms with Gasteiger partial charge in [-0.05, 0) is 31.0 Å². The topological polar surface area (TPSA) is 87.7 Å². The molecule has 1 atom stereocenters. The van der Waals surface area contributed by atoms with Crippen LogP contribution in [-0.4, -0.2) is 41.3 Å². The number of carbonyl (C=O) groups excluding carboxylic acids is 3. The van der Waals surface area contributed by atoms with Crippen LogP contribution >= 0.6 is 23.2 Å². The molecule has 7 nitrogen and oxygen atoms in total. The number of nitrogens with zero attached hydrogens (tertiary/aromatic N) is 1. The maximum absolute atomic E-state index is 12.5. The zero-order valence-electron chi connectivity index (χ0n) is 15.2. The van der Waals surface area contributed by atoms with E-state index in [-0.39, 0.29) is 6.03 Å². The second-order valence-corrected chi connectivity index (χ2v) is 7.04. The average Bonchev–Trinajstić information content (AvgIpc) is 2.64. The third-order valence-corrected chi connectivity index (χ3v) is 4.53. The molecular weight excluding hydrogens is 393 g/mol. The van der Waals surface area contributed by atoms with Crippen LogP contribution < -0.4 is 10.6 Å². The molecule has 2 N–H and O–H groups in total. The van der Waals surface area contributed by atoms with Crippen LogP contribution in [0.3, 0.4) is 0 Å². The third-order valence-electron chi connectivity index (χ3n) is 4.13. The number of hydrogen-bond acceptors (Lipinski definition) is 4. The molecule has 1 heterocycles. The Hall–Kier alpha value is -2.25. The van der Waals surface area contributed by atoms with Gasteiger partial charge < -0.3 is 15.4 Å². The van der Waals surface area contributed by atoms with E-state index in [0.29, 0.717) is 29.1 Å². The van der Waals surface area contributed by atoms with Crippen LogP contribution in [0.15, 0.2) is 35.5 Å². The van der Waals surface area contributed by atoms with Crippen molar-refractivity contribution in [3.05, 3.63) is 41.1 Å². The number of benzene rings is 1. The number of rotatable bonds is 6. The van der Waals surface area contributed by atoms with E-state index in [0.717, 1.165) is 6.42 Å². The van der Waals surface area contributed by atoms with E-state index in [4.69, 9.17) is 27.9 Å². The fraction of sp³-hybridized carbons (Fsp3) is 0.389. The Balaban J connectivity index is 2.45. The SMILES string of the molecule is CCCN1C(=O)N[C@@H](c2cccc(NC(=O)C(Cl)Cl)c2)C(C(=O)OC)=C1C. The maximum atomic E-state index is 12.5. The highest BCUT2D eigenvalue weighted by Gasteiger charge is 2.36. The van der Waals surface area contributed by atoms with Crippen molar-refractivity contribution >= 4 is 46.8 Å². The first kappa shape index (κ1) is 21.1. The predicted octanol–water partition coefficient (Wildman–Crippen LogP) is 3.35. The van der Waals surface area contributed by atoms with Gasteiger partial charge in [-0.2, -0.15) is 0 Å². The van der Waals surface area contributed by atoms with Gasteiger partial charge in [0.2, 0.25) is 0 Å². The van der Waals surface area contributed by atoms with Gasteiger partial charge in [-0.25, -0.2) is 9.59 Å². The number of anilines is 1. The molecule has 1 aromatic carbocycles. The highest BCUT2D eigenvalue weighted by molar-refractivity contribution is 6.54. The fourth-order valence-electron chi connectivity index (χ4n) is 2.89. The summed E-state index contributed by atoms with van der Waals surface area (Å²) in [6, 6.07) is 5.72. The molecule has 0 saturated carbocycles. The molecule has 0 fully saturated rings. The normalized spacial score (nSPS) is 17.0. The fourth-order valence-corrected chi connectivity index (χ4v) is 3.00. The second kappa shape index (κ2) is 9.10. The zero-order valence-corrected chi connectivity index (χ0v) is 16.7. The van der Waals surface area contributed by atoms with Gasteiger partial charge >= 0.3 is 12.0 Å². The molecule has 0 bridgehead atoms. The molecule has 27 heavy (non-hydrogen) atoms. The molecule has 0 unspecified atom stereocenters. The number of ether oxygens (including phenoxy) is 1. The summed E-state index contributed by atoms with van der Waals surface area (Å²) in [6.45, 7) is 4.14. The van der Waals surface area contributed by atoms with Crippen molar-refractivity contribution in [2.24, 2.45) is 0 Å². The first-order valence-electron chi connectivity index (χ1n) is 8.36. The number of amides is 3. The first-order valence-corrected chi connectivity index (χ1v) is 9.23. The van der Waals surface area contributed by atoms with Crippen molar-refractivity contribution in [3.8, 4) is 0 Å². The van der Waals surface area contributed by atoms with Gasteiger partial charge in [0.25, 0.3) is 5.91 Å². The van der Waals surface area contributed by atoms with E-state index >= 15 is 0 Å². The maximum Gasteiger partial charge on any atom is 0.337 e. The second-order valence-electron chi connectivity index (χ2n) is 5.94. The monoisotopic (exact) mass is 413 g/mol. The summed E-state index contributed by atoms with van der Waals surface area (Å²) in [5.74, 6) is -1.10. The number of esters is 1. The van der Waals surface area contributed by atoms with Crippen LogP contribution in [0.5, 0.6) is 0 Å². The smallest absolute Gasteiger partial charge is 0.337 e. The number of methoxy groups -OCH3 is 1. The molecule has 0 radical (unpaired) electrons. The zero-order chi connectivity index (χ0) is 20.1. The van der Waals surface area contributed by atoms with E-state index < -0.39 is 22.8 Å². The van der Waals surface area contributed by atoms with Crippen molar-refractivity contribution in [3.63, 3.8) is 0 Å². The minimum atomic E-state index is -1.21. The summed E-state index contributed by atoms with van der Waals surface area (Å²) < 4.78 is 4.92. The molecule has 2 rings (SSSR count). The van der Waals surface area contributed by atoms with Crippen LogP contribution in [0.25, 0.3) is 0 Å². The number of allylic oxidation sites excluding steroid dienone is 1. The van der Waals surface area contributed by atoms with Crippen LogP contribution in [0.2, 0.25) is 0 Å². The van der Waals surface area contributed by atoms with Gasteiger partial charge in [0.05, 0.1) is 18.7 Å². The lowest BCUT2D eigenvalue weighted by molar-refractivity contribution is -0.136. The molecule has 146 valence electrons. The van der Waals surface area contributed by atoms with Crippen LogP contribution in [0, 0.1) is 0 Å². The average molecular weight is 414 g/mol. The molecule has 1 aliphatic rings. The highest BCUT2D eigenvalue weighted by Crippen LogP contribution is 2.32. The number of alkyl halides is 2. The molecular formula is C18H21Cl2N3O4. The van der Waals surface area contributed by atoms with Crippen molar-refractivity contribution in [2.45, 2.75) is 31.1 Å². The van der Waals surface area contributed by atoms with E-state index in [1.807, 2.05) is 6.92 Å².